The normalized spacial score (nSPS) is 11.5. The quantitative estimate of drug-likeness (QED) is 0.304. The summed E-state index contributed by atoms with van der Waals surface area (Å²) in [5.74, 6) is 1.66. The number of methoxy groups -OCH3 is 4. The molecule has 2 N–H and O–H groups in total. The van der Waals surface area contributed by atoms with Crippen molar-refractivity contribution in [2.45, 2.75) is 65.9 Å². The zero-order chi connectivity index (χ0) is 26.6. The number of carbonyl (C=O) groups is 2. The van der Waals surface area contributed by atoms with Gasteiger partial charge in [-0.05, 0) is 53.5 Å². The Bertz CT molecular complexity index is 889. The number of hydrogen-bond donors (Lipinski definition) is 2. The number of rotatable bonds is 13. The predicted octanol–water partition coefficient (Wildman–Crippen LogP) is 4.63. The summed E-state index contributed by atoms with van der Waals surface area (Å²) >= 11 is 0. The molecule has 1 aromatic rings. The van der Waals surface area contributed by atoms with Gasteiger partial charge < -0.3 is 34.3 Å². The third-order valence-corrected chi connectivity index (χ3v) is 5.20. The molecule has 0 radical (unpaired) electrons. The Hall–Kier alpha value is -3.10. The first kappa shape index (κ1) is 29.9. The maximum absolute atomic E-state index is 12.6. The predicted molar refractivity (Wildman–Crippen MR) is 137 cm³/mol. The van der Waals surface area contributed by atoms with Crippen molar-refractivity contribution >= 4 is 18.1 Å². The van der Waals surface area contributed by atoms with Crippen molar-refractivity contribution in [1.82, 2.24) is 10.6 Å². The summed E-state index contributed by atoms with van der Waals surface area (Å²) in [6.07, 6.45) is 4.95. The van der Waals surface area contributed by atoms with Gasteiger partial charge >= 0.3 is 6.09 Å². The van der Waals surface area contributed by atoms with Gasteiger partial charge in [-0.1, -0.05) is 12.8 Å². The lowest BCUT2D eigenvalue weighted by molar-refractivity contribution is -0.117. The number of nitrogens with one attached hydrogen (secondary N) is 2. The van der Waals surface area contributed by atoms with Crippen molar-refractivity contribution in [2.75, 3.05) is 41.5 Å². The highest BCUT2D eigenvalue weighted by atomic mass is 16.6. The first-order chi connectivity index (χ1) is 16.5. The third-order valence-electron chi connectivity index (χ3n) is 5.20. The molecule has 0 unspecified atom stereocenters. The summed E-state index contributed by atoms with van der Waals surface area (Å²) in [4.78, 5) is 24.3. The average Bonchev–Trinajstić information content (AvgIpc) is 2.79. The molecule has 0 saturated carbocycles. The van der Waals surface area contributed by atoms with Gasteiger partial charge in [0.15, 0.2) is 11.5 Å². The van der Waals surface area contributed by atoms with Crippen LogP contribution in [-0.2, 0) is 9.53 Å². The number of benzene rings is 1. The fourth-order valence-corrected chi connectivity index (χ4v) is 3.52. The van der Waals surface area contributed by atoms with Crippen molar-refractivity contribution in [2.24, 2.45) is 0 Å². The molecule has 0 aromatic heterocycles. The van der Waals surface area contributed by atoms with E-state index in [0.29, 0.717) is 47.2 Å². The van der Waals surface area contributed by atoms with Gasteiger partial charge in [-0.25, -0.2) is 4.79 Å². The summed E-state index contributed by atoms with van der Waals surface area (Å²) in [7, 11) is 6.15. The van der Waals surface area contributed by atoms with Crippen LogP contribution in [0.25, 0.3) is 6.08 Å². The molecule has 0 atom stereocenters. The second-order valence-corrected chi connectivity index (χ2v) is 9.10. The van der Waals surface area contributed by atoms with Crippen LogP contribution in [0.4, 0.5) is 4.79 Å². The van der Waals surface area contributed by atoms with Gasteiger partial charge in [-0.15, -0.1) is 0 Å². The van der Waals surface area contributed by atoms with E-state index in [9.17, 15) is 9.59 Å². The second-order valence-electron chi connectivity index (χ2n) is 9.10. The van der Waals surface area contributed by atoms with Crippen LogP contribution in [0, 0.1) is 6.92 Å². The van der Waals surface area contributed by atoms with Crippen LogP contribution < -0.4 is 29.6 Å². The van der Waals surface area contributed by atoms with Crippen molar-refractivity contribution in [3.05, 3.63) is 16.7 Å². The monoisotopic (exact) mass is 494 g/mol. The van der Waals surface area contributed by atoms with Gasteiger partial charge in [0, 0.05) is 29.8 Å². The molecule has 0 bridgehead atoms. The lowest BCUT2D eigenvalue weighted by Gasteiger charge is -2.20. The number of ether oxygens (including phenoxy) is 5. The van der Waals surface area contributed by atoms with Crippen LogP contribution >= 0.6 is 0 Å². The number of amides is 2. The number of carbonyl (C=O) groups excluding carboxylic acids is 2. The van der Waals surface area contributed by atoms with E-state index in [2.05, 4.69) is 10.6 Å². The van der Waals surface area contributed by atoms with Crippen LogP contribution in [0.3, 0.4) is 0 Å². The number of alkyl carbamates (subject to hydrolysis) is 1. The molecule has 0 fully saturated rings. The molecule has 9 nitrogen and oxygen atoms in total. The Kier molecular flexibility index (Phi) is 12.3. The molecule has 0 heterocycles. The van der Waals surface area contributed by atoms with Gasteiger partial charge in [0.25, 0.3) is 0 Å². The maximum Gasteiger partial charge on any atom is 0.407 e. The molecule has 0 aliphatic rings. The minimum absolute atomic E-state index is 0.160. The zero-order valence-corrected chi connectivity index (χ0v) is 22.7. The van der Waals surface area contributed by atoms with Crippen molar-refractivity contribution < 1.29 is 33.3 Å². The van der Waals surface area contributed by atoms with Gasteiger partial charge in [0.05, 0.1) is 28.4 Å². The molecular formula is C26H42N2O7. The maximum atomic E-state index is 12.6. The van der Waals surface area contributed by atoms with Crippen molar-refractivity contribution in [3.8, 4) is 23.0 Å². The molecule has 0 aliphatic heterocycles. The molecular weight excluding hydrogens is 452 g/mol. The Morgan fingerprint density at radius 3 is 1.74 bits per heavy atom. The van der Waals surface area contributed by atoms with Crippen LogP contribution in [0.2, 0.25) is 0 Å². The molecule has 1 aromatic carbocycles. The van der Waals surface area contributed by atoms with Crippen molar-refractivity contribution in [1.29, 1.82) is 0 Å². The van der Waals surface area contributed by atoms with E-state index in [4.69, 9.17) is 23.7 Å². The van der Waals surface area contributed by atoms with Gasteiger partial charge in [0.1, 0.15) is 5.60 Å². The summed E-state index contributed by atoms with van der Waals surface area (Å²) < 4.78 is 27.3. The van der Waals surface area contributed by atoms with Crippen LogP contribution in [0.15, 0.2) is 5.57 Å². The lowest BCUT2D eigenvalue weighted by atomic mass is 10.0. The number of unbranched alkanes of at least 4 members (excludes halogenated alkanes) is 3. The fourth-order valence-electron chi connectivity index (χ4n) is 3.52. The highest BCUT2D eigenvalue weighted by molar-refractivity contribution is 5.98. The van der Waals surface area contributed by atoms with Crippen LogP contribution in [0.5, 0.6) is 23.0 Å². The molecule has 9 heteroatoms. The van der Waals surface area contributed by atoms with Gasteiger partial charge in [-0.2, -0.15) is 0 Å². The second kappa shape index (κ2) is 14.3. The van der Waals surface area contributed by atoms with E-state index in [0.717, 1.165) is 31.2 Å². The first-order valence-corrected chi connectivity index (χ1v) is 11.8. The number of hydrogen-bond acceptors (Lipinski definition) is 7. The molecule has 0 spiro atoms. The summed E-state index contributed by atoms with van der Waals surface area (Å²) in [5.41, 5.74) is 1.49. The Morgan fingerprint density at radius 2 is 1.26 bits per heavy atom. The van der Waals surface area contributed by atoms with Crippen LogP contribution in [-0.4, -0.2) is 59.1 Å². The van der Waals surface area contributed by atoms with Crippen molar-refractivity contribution in [3.63, 3.8) is 0 Å². The average molecular weight is 495 g/mol. The van der Waals surface area contributed by atoms with Gasteiger partial charge in [-0.3, -0.25) is 4.79 Å². The molecule has 2 amide bonds. The largest absolute Gasteiger partial charge is 0.492 e. The Balaban J connectivity index is 2.63. The third kappa shape index (κ3) is 9.22. The minimum atomic E-state index is -0.496. The first-order valence-electron chi connectivity index (χ1n) is 11.8. The van der Waals surface area contributed by atoms with E-state index < -0.39 is 11.7 Å². The molecule has 0 saturated heterocycles. The van der Waals surface area contributed by atoms with Gasteiger partial charge in [0.2, 0.25) is 17.4 Å². The molecule has 1 rings (SSSR count). The van der Waals surface area contributed by atoms with E-state index in [1.165, 1.54) is 14.2 Å². The van der Waals surface area contributed by atoms with E-state index >= 15 is 0 Å². The highest BCUT2D eigenvalue weighted by Gasteiger charge is 2.25. The fraction of sp³-hybridized carbons (Fsp3) is 0.615. The Morgan fingerprint density at radius 1 is 0.771 bits per heavy atom. The zero-order valence-electron chi connectivity index (χ0n) is 22.7. The lowest BCUT2D eigenvalue weighted by Crippen LogP contribution is -2.33. The Labute approximate surface area is 209 Å². The SMILES string of the molecule is COc1c(C)c(/C=C(/C)C(=O)NCCCCCCNC(=O)OC(C)(C)C)c(OC)c(OC)c1OC. The summed E-state index contributed by atoms with van der Waals surface area (Å²) in [6, 6.07) is 0. The molecule has 35 heavy (non-hydrogen) atoms. The summed E-state index contributed by atoms with van der Waals surface area (Å²) in [6.45, 7) is 10.3. The molecule has 198 valence electrons. The van der Waals surface area contributed by atoms with E-state index in [1.54, 1.807) is 27.2 Å². The molecule has 0 aliphatic carbocycles. The van der Waals surface area contributed by atoms with E-state index in [-0.39, 0.29) is 5.91 Å². The smallest absolute Gasteiger partial charge is 0.407 e. The summed E-state index contributed by atoms with van der Waals surface area (Å²) in [5, 5.41) is 5.70. The highest BCUT2D eigenvalue weighted by Crippen LogP contribution is 2.49. The minimum Gasteiger partial charge on any atom is -0.492 e. The van der Waals surface area contributed by atoms with E-state index in [1.807, 2.05) is 27.7 Å². The standard InChI is InChI=1S/C26H42N2O7/c1-17(16-19-18(2)20(31-6)22(33-8)23(34-9)21(19)32-7)24(29)27-14-12-10-11-13-15-28-25(30)35-26(3,4)5/h16H,10-15H2,1-9H3,(H,27,29)(H,28,30)/b17-16-. The van der Waals surface area contributed by atoms with Crippen LogP contribution in [0.1, 0.15) is 64.5 Å². The topological polar surface area (TPSA) is 104 Å².